The van der Waals surface area contributed by atoms with Crippen LogP contribution in [-0.4, -0.2) is 44.4 Å². The zero-order valence-electron chi connectivity index (χ0n) is 16.7. The average molecular weight is 370 g/mol. The van der Waals surface area contributed by atoms with Gasteiger partial charge in [-0.15, -0.1) is 0 Å². The molecule has 2 aromatic rings. The summed E-state index contributed by atoms with van der Waals surface area (Å²) in [6.45, 7) is 7.82. The molecular weight excluding hydrogens is 338 g/mol. The van der Waals surface area contributed by atoms with Gasteiger partial charge < -0.3 is 10.0 Å². The lowest BCUT2D eigenvalue weighted by Crippen LogP contribution is -2.51. The predicted molar refractivity (Wildman–Crippen MR) is 106 cm³/mol. The summed E-state index contributed by atoms with van der Waals surface area (Å²) in [5.74, 6) is 0.916. The molecule has 2 fully saturated rings. The Morgan fingerprint density at radius 1 is 1.30 bits per heavy atom. The highest BCUT2D eigenvalue weighted by Crippen LogP contribution is 2.39. The van der Waals surface area contributed by atoms with E-state index in [1.54, 1.807) is 0 Å². The van der Waals surface area contributed by atoms with Crippen molar-refractivity contribution in [2.75, 3.05) is 13.1 Å². The Morgan fingerprint density at radius 2 is 2.00 bits per heavy atom. The molecule has 5 heteroatoms. The lowest BCUT2D eigenvalue weighted by molar-refractivity contribution is -0.151. The van der Waals surface area contributed by atoms with Crippen molar-refractivity contribution in [2.24, 2.45) is 11.8 Å². The Kier molecular flexibility index (Phi) is 4.75. The van der Waals surface area contributed by atoms with E-state index in [-0.39, 0.29) is 11.8 Å². The van der Waals surface area contributed by atoms with Crippen molar-refractivity contribution >= 4 is 16.8 Å². The Bertz CT molecular complexity index is 823. The molecule has 0 unspecified atom stereocenters. The highest BCUT2D eigenvalue weighted by atomic mass is 16.3. The fraction of sp³-hybridized carbons (Fsp3) is 0.636. The van der Waals surface area contributed by atoms with Crippen LogP contribution < -0.4 is 0 Å². The third-order valence-electron chi connectivity index (χ3n) is 6.29. The number of benzene rings is 1. The second kappa shape index (κ2) is 6.93. The zero-order valence-corrected chi connectivity index (χ0v) is 16.7. The molecule has 1 saturated heterocycles. The Morgan fingerprint density at radius 3 is 2.63 bits per heavy atom. The van der Waals surface area contributed by atoms with Crippen LogP contribution in [0.3, 0.4) is 0 Å². The van der Waals surface area contributed by atoms with E-state index in [1.165, 1.54) is 10.9 Å². The molecule has 0 atom stereocenters. The highest BCUT2D eigenvalue weighted by Gasteiger charge is 2.44. The van der Waals surface area contributed by atoms with Gasteiger partial charge in [0.05, 0.1) is 11.1 Å². The monoisotopic (exact) mass is 369 g/mol. The molecular formula is C22H31N3O2. The summed E-state index contributed by atoms with van der Waals surface area (Å²) in [4.78, 5) is 14.6. The number of rotatable bonds is 4. The molecule has 5 nitrogen and oxygen atoms in total. The molecule has 2 heterocycles. The number of hydrogen-bond donors (Lipinski definition) is 1. The van der Waals surface area contributed by atoms with Gasteiger partial charge in [-0.05, 0) is 70.4 Å². The van der Waals surface area contributed by atoms with E-state index in [4.69, 9.17) is 5.10 Å². The molecule has 2 aliphatic rings. The van der Waals surface area contributed by atoms with Gasteiger partial charge in [-0.25, -0.2) is 0 Å². The minimum atomic E-state index is -0.625. The topological polar surface area (TPSA) is 58.4 Å². The van der Waals surface area contributed by atoms with Crippen LogP contribution in [0, 0.1) is 11.8 Å². The van der Waals surface area contributed by atoms with Gasteiger partial charge >= 0.3 is 0 Å². The van der Waals surface area contributed by atoms with Crippen molar-refractivity contribution in [1.82, 2.24) is 14.7 Å². The molecule has 1 aromatic carbocycles. The lowest BCUT2D eigenvalue weighted by atomic mass is 9.71. The first-order valence-corrected chi connectivity index (χ1v) is 10.3. The predicted octanol–water partition coefficient (Wildman–Crippen LogP) is 3.56. The van der Waals surface area contributed by atoms with Crippen LogP contribution in [0.1, 0.15) is 58.1 Å². The number of carbonyl (C=O) groups is 1. The van der Waals surface area contributed by atoms with E-state index in [0.29, 0.717) is 24.8 Å². The summed E-state index contributed by atoms with van der Waals surface area (Å²) < 4.78 is 2.02. The molecule has 0 spiro atoms. The quantitative estimate of drug-likeness (QED) is 0.896. The van der Waals surface area contributed by atoms with Crippen LogP contribution in [0.4, 0.5) is 0 Å². The van der Waals surface area contributed by atoms with E-state index >= 15 is 0 Å². The minimum absolute atomic E-state index is 0.0371. The smallest absolute Gasteiger partial charge is 0.225 e. The van der Waals surface area contributed by atoms with Crippen LogP contribution in [0.15, 0.2) is 24.4 Å². The molecule has 1 N–H and O–H groups in total. The Balaban J connectivity index is 1.32. The van der Waals surface area contributed by atoms with Gasteiger partial charge in [0.25, 0.3) is 0 Å². The van der Waals surface area contributed by atoms with Gasteiger partial charge in [-0.3, -0.25) is 9.48 Å². The molecule has 1 saturated carbocycles. The number of likely N-dealkylation sites (tertiary alicyclic amines) is 1. The summed E-state index contributed by atoms with van der Waals surface area (Å²) >= 11 is 0. The molecule has 1 amide bonds. The van der Waals surface area contributed by atoms with Crippen molar-refractivity contribution in [1.29, 1.82) is 0 Å². The minimum Gasteiger partial charge on any atom is -0.390 e. The van der Waals surface area contributed by atoms with Gasteiger partial charge in [-0.1, -0.05) is 12.1 Å². The fourth-order valence-corrected chi connectivity index (χ4v) is 4.60. The number of piperidine rings is 1. The van der Waals surface area contributed by atoms with E-state index in [9.17, 15) is 9.90 Å². The number of carbonyl (C=O) groups excluding carboxylic acids is 1. The fourth-order valence-electron chi connectivity index (χ4n) is 4.60. The maximum atomic E-state index is 12.5. The Hall–Kier alpha value is -1.88. The zero-order chi connectivity index (χ0) is 19.2. The number of fused-ring (bicyclic) bond motifs is 1. The summed E-state index contributed by atoms with van der Waals surface area (Å²) in [6, 6.07) is 7.00. The number of aromatic nitrogens is 2. The number of hydrogen-bond acceptors (Lipinski definition) is 3. The van der Waals surface area contributed by atoms with Gasteiger partial charge in [0, 0.05) is 36.6 Å². The second-order valence-electron chi connectivity index (χ2n) is 9.17. The summed E-state index contributed by atoms with van der Waals surface area (Å²) in [6.07, 6.45) is 6.54. The third kappa shape index (κ3) is 3.88. The van der Waals surface area contributed by atoms with Crippen molar-refractivity contribution in [3.63, 3.8) is 0 Å². The van der Waals surface area contributed by atoms with E-state index in [1.807, 2.05) is 16.5 Å². The van der Waals surface area contributed by atoms with E-state index < -0.39 is 5.60 Å². The van der Waals surface area contributed by atoms with Crippen molar-refractivity contribution in [2.45, 2.75) is 64.5 Å². The Labute approximate surface area is 161 Å². The molecule has 1 aromatic heterocycles. The molecule has 0 bridgehead atoms. The van der Waals surface area contributed by atoms with Gasteiger partial charge in [0.2, 0.25) is 5.91 Å². The van der Waals surface area contributed by atoms with Crippen LogP contribution in [0.25, 0.3) is 10.9 Å². The maximum Gasteiger partial charge on any atom is 0.225 e. The highest BCUT2D eigenvalue weighted by molar-refractivity contribution is 5.80. The maximum absolute atomic E-state index is 12.5. The molecule has 4 rings (SSSR count). The third-order valence-corrected chi connectivity index (χ3v) is 6.29. The van der Waals surface area contributed by atoms with Crippen LogP contribution in [0.5, 0.6) is 0 Å². The largest absolute Gasteiger partial charge is 0.390 e. The van der Waals surface area contributed by atoms with Gasteiger partial charge in [0.1, 0.15) is 0 Å². The van der Waals surface area contributed by atoms with Gasteiger partial charge in [-0.2, -0.15) is 5.10 Å². The molecule has 0 radical (unpaired) electrons. The molecule has 146 valence electrons. The van der Waals surface area contributed by atoms with Crippen LogP contribution >= 0.6 is 0 Å². The van der Waals surface area contributed by atoms with Crippen LogP contribution in [-0.2, 0) is 11.2 Å². The van der Waals surface area contributed by atoms with Gasteiger partial charge in [0.15, 0.2) is 0 Å². The first-order chi connectivity index (χ1) is 12.8. The number of nitrogens with zero attached hydrogens (tertiary/aromatic N) is 3. The summed E-state index contributed by atoms with van der Waals surface area (Å²) in [5, 5.41) is 15.8. The molecule has 27 heavy (non-hydrogen) atoms. The van der Waals surface area contributed by atoms with Crippen molar-refractivity contribution in [3.8, 4) is 0 Å². The normalized spacial score (nSPS) is 26.6. The summed E-state index contributed by atoms with van der Waals surface area (Å²) in [5.41, 5.74) is 1.79. The standard InChI is InChI=1S/C22H31N3O2/c1-15(2)25-14-18-5-4-17(11-20(18)23-25)10-16-6-8-24(9-7-16)21(26)19-12-22(3,27)13-19/h4-5,11,14-16,19,27H,6-10,12-13H2,1-3H3/t19-,22+. The lowest BCUT2D eigenvalue weighted by Gasteiger charge is -2.43. The summed E-state index contributed by atoms with van der Waals surface area (Å²) in [7, 11) is 0. The van der Waals surface area contributed by atoms with Crippen molar-refractivity contribution < 1.29 is 9.90 Å². The molecule has 1 aliphatic carbocycles. The van der Waals surface area contributed by atoms with E-state index in [0.717, 1.165) is 37.9 Å². The molecule has 1 aliphatic heterocycles. The average Bonchev–Trinajstić information content (AvgIpc) is 3.03. The number of amides is 1. The van der Waals surface area contributed by atoms with Crippen LogP contribution in [0.2, 0.25) is 0 Å². The first kappa shape index (κ1) is 18.5. The first-order valence-electron chi connectivity index (χ1n) is 10.3. The SMILES string of the molecule is CC(C)n1cc2ccc(CC3CCN(C(=O)[C@H]4C[C@@](C)(O)C4)CC3)cc2n1. The van der Waals surface area contributed by atoms with E-state index in [2.05, 4.69) is 38.2 Å². The number of aliphatic hydroxyl groups is 1. The second-order valence-corrected chi connectivity index (χ2v) is 9.17. The van der Waals surface area contributed by atoms with Crippen molar-refractivity contribution in [3.05, 3.63) is 30.0 Å².